The highest BCUT2D eigenvalue weighted by Gasteiger charge is 2.23. The molecule has 0 aliphatic carbocycles. The van der Waals surface area contributed by atoms with Crippen LogP contribution in [0.15, 0.2) is 47.3 Å². The van der Waals surface area contributed by atoms with Gasteiger partial charge in [-0.25, -0.2) is 14.1 Å². The minimum atomic E-state index is 0.691. The molecular formula is C17H16N3O+. The van der Waals surface area contributed by atoms with Gasteiger partial charge in [-0.15, -0.1) is 0 Å². The molecule has 0 atom stereocenters. The number of hydrogen-bond acceptors (Lipinski definition) is 2. The average molecular weight is 278 g/mol. The van der Waals surface area contributed by atoms with Gasteiger partial charge in [-0.2, -0.15) is 0 Å². The van der Waals surface area contributed by atoms with Gasteiger partial charge in [0.25, 0.3) is 5.82 Å². The molecule has 0 fully saturated rings. The summed E-state index contributed by atoms with van der Waals surface area (Å²) >= 11 is 0. The molecule has 3 heterocycles. The van der Waals surface area contributed by atoms with Gasteiger partial charge >= 0.3 is 0 Å². The maximum atomic E-state index is 6.06. The van der Waals surface area contributed by atoms with Crippen LogP contribution in [0.4, 0.5) is 0 Å². The Hall–Kier alpha value is -2.62. The molecule has 1 aromatic carbocycles. The smallest absolute Gasteiger partial charge is 0.292 e. The third kappa shape index (κ3) is 1.62. The van der Waals surface area contributed by atoms with Crippen molar-refractivity contribution in [2.75, 3.05) is 0 Å². The van der Waals surface area contributed by atoms with E-state index in [9.17, 15) is 0 Å². The molecule has 4 rings (SSSR count). The molecule has 3 aromatic heterocycles. The summed E-state index contributed by atoms with van der Waals surface area (Å²) in [5, 5.41) is 2.17. The normalized spacial score (nSPS) is 11.6. The molecule has 0 saturated carbocycles. The molecule has 0 unspecified atom stereocenters. The minimum Gasteiger partial charge on any atom is -0.437 e. The van der Waals surface area contributed by atoms with Gasteiger partial charge in [-0.05, 0) is 24.6 Å². The molecule has 0 bridgehead atoms. The Bertz CT molecular complexity index is 959. The van der Waals surface area contributed by atoms with E-state index in [1.54, 1.807) is 6.20 Å². The summed E-state index contributed by atoms with van der Waals surface area (Å²) < 4.78 is 10.3. The van der Waals surface area contributed by atoms with Crippen molar-refractivity contribution in [3.63, 3.8) is 0 Å². The van der Waals surface area contributed by atoms with Gasteiger partial charge in [0.05, 0.1) is 14.1 Å². The summed E-state index contributed by atoms with van der Waals surface area (Å²) in [5.74, 6) is 1.12. The first-order valence-electron chi connectivity index (χ1n) is 6.95. The van der Waals surface area contributed by atoms with E-state index < -0.39 is 0 Å². The van der Waals surface area contributed by atoms with Gasteiger partial charge < -0.3 is 4.42 Å². The summed E-state index contributed by atoms with van der Waals surface area (Å²) in [7, 11) is 4.10. The van der Waals surface area contributed by atoms with Crippen LogP contribution in [-0.2, 0) is 14.1 Å². The van der Waals surface area contributed by atoms with E-state index in [4.69, 9.17) is 4.42 Å². The van der Waals surface area contributed by atoms with E-state index in [2.05, 4.69) is 65.7 Å². The van der Waals surface area contributed by atoms with Gasteiger partial charge in [0.15, 0.2) is 5.58 Å². The van der Waals surface area contributed by atoms with Crippen molar-refractivity contribution in [2.45, 2.75) is 6.92 Å². The van der Waals surface area contributed by atoms with Crippen molar-refractivity contribution in [1.29, 1.82) is 0 Å². The highest BCUT2D eigenvalue weighted by molar-refractivity contribution is 6.08. The molecule has 0 radical (unpaired) electrons. The van der Waals surface area contributed by atoms with Gasteiger partial charge in [-0.1, -0.05) is 12.1 Å². The Balaban J connectivity index is 2.20. The van der Waals surface area contributed by atoms with E-state index in [1.165, 1.54) is 5.56 Å². The van der Waals surface area contributed by atoms with Crippen LogP contribution < -0.4 is 4.57 Å². The molecule has 0 aliphatic heterocycles. The zero-order chi connectivity index (χ0) is 14.6. The molecule has 0 amide bonds. The fourth-order valence-electron chi connectivity index (χ4n) is 2.99. The lowest BCUT2D eigenvalue weighted by atomic mass is 10.0. The van der Waals surface area contributed by atoms with Crippen LogP contribution in [0, 0.1) is 6.92 Å². The Morgan fingerprint density at radius 2 is 2.05 bits per heavy atom. The molecule has 0 spiro atoms. The number of rotatable bonds is 1. The Morgan fingerprint density at radius 3 is 2.81 bits per heavy atom. The van der Waals surface area contributed by atoms with Crippen LogP contribution in [0.2, 0.25) is 0 Å². The van der Waals surface area contributed by atoms with Crippen molar-refractivity contribution >= 4 is 22.1 Å². The van der Waals surface area contributed by atoms with Crippen LogP contribution in [0.5, 0.6) is 0 Å². The predicted octanol–water partition coefficient (Wildman–Crippen LogP) is 3.12. The van der Waals surface area contributed by atoms with Crippen LogP contribution >= 0.6 is 0 Å². The lowest BCUT2D eigenvalue weighted by Crippen LogP contribution is -2.29. The summed E-state index contributed by atoms with van der Waals surface area (Å²) in [6, 6.07) is 8.26. The number of aromatic nitrogens is 3. The summed E-state index contributed by atoms with van der Waals surface area (Å²) in [5.41, 5.74) is 3.91. The molecule has 104 valence electrons. The van der Waals surface area contributed by atoms with Crippen LogP contribution in [0.3, 0.4) is 0 Å². The van der Waals surface area contributed by atoms with E-state index in [0.29, 0.717) is 5.71 Å². The molecule has 4 nitrogen and oxygen atoms in total. The maximum Gasteiger partial charge on any atom is 0.292 e. The molecule has 4 aromatic rings. The fraction of sp³-hybridized carbons (Fsp3) is 0.176. The number of fused-ring (bicyclic) bond motifs is 3. The van der Waals surface area contributed by atoms with Gasteiger partial charge in [0.2, 0.25) is 5.71 Å². The average Bonchev–Trinajstić information content (AvgIpc) is 3.01. The van der Waals surface area contributed by atoms with Crippen LogP contribution in [0.1, 0.15) is 5.56 Å². The zero-order valence-corrected chi connectivity index (χ0v) is 12.3. The SMILES string of the molecule is Cc1ccc2c(oc3ncccc32)c1-c1n(C)cc[n+]1C. The highest BCUT2D eigenvalue weighted by atomic mass is 16.3. The first-order chi connectivity index (χ1) is 10.2. The van der Waals surface area contributed by atoms with E-state index in [-0.39, 0.29) is 0 Å². The quantitative estimate of drug-likeness (QED) is 0.501. The molecular weight excluding hydrogens is 262 g/mol. The van der Waals surface area contributed by atoms with E-state index >= 15 is 0 Å². The second kappa shape index (κ2) is 4.19. The largest absolute Gasteiger partial charge is 0.437 e. The fourth-order valence-corrected chi connectivity index (χ4v) is 2.99. The Labute approximate surface area is 122 Å². The Morgan fingerprint density at radius 1 is 1.19 bits per heavy atom. The molecule has 21 heavy (non-hydrogen) atoms. The number of pyridine rings is 1. The number of aryl methyl sites for hydroxylation is 3. The van der Waals surface area contributed by atoms with Crippen molar-refractivity contribution < 1.29 is 8.98 Å². The zero-order valence-electron chi connectivity index (χ0n) is 12.3. The predicted molar refractivity (Wildman–Crippen MR) is 81.8 cm³/mol. The lowest BCUT2D eigenvalue weighted by Gasteiger charge is -2.04. The first-order valence-corrected chi connectivity index (χ1v) is 6.95. The maximum absolute atomic E-state index is 6.06. The first kappa shape index (κ1) is 12.1. The van der Waals surface area contributed by atoms with Crippen molar-refractivity contribution in [1.82, 2.24) is 9.55 Å². The molecule has 0 saturated heterocycles. The summed E-state index contributed by atoms with van der Waals surface area (Å²) in [4.78, 5) is 4.34. The molecule has 0 aliphatic rings. The topological polar surface area (TPSA) is 34.8 Å². The number of hydrogen-bond donors (Lipinski definition) is 0. The lowest BCUT2D eigenvalue weighted by molar-refractivity contribution is -0.659. The third-order valence-corrected chi connectivity index (χ3v) is 4.03. The monoisotopic (exact) mass is 278 g/mol. The second-order valence-corrected chi connectivity index (χ2v) is 5.44. The molecule has 4 heteroatoms. The number of imidazole rings is 1. The van der Waals surface area contributed by atoms with Crippen molar-refractivity contribution in [2.24, 2.45) is 14.1 Å². The van der Waals surface area contributed by atoms with Gasteiger partial charge in [0.1, 0.15) is 18.0 Å². The van der Waals surface area contributed by atoms with Gasteiger partial charge in [-0.3, -0.25) is 0 Å². The Kier molecular flexibility index (Phi) is 2.42. The van der Waals surface area contributed by atoms with Crippen molar-refractivity contribution in [3.8, 4) is 11.4 Å². The second-order valence-electron chi connectivity index (χ2n) is 5.44. The minimum absolute atomic E-state index is 0.691. The highest BCUT2D eigenvalue weighted by Crippen LogP contribution is 2.35. The molecule has 0 N–H and O–H groups in total. The standard InChI is InChI=1S/C17H16N3O/c1-11-6-7-12-13-5-4-8-18-16(13)21-15(12)14(11)17-19(2)9-10-20(17)3/h4-10H,1-3H3/q+1. The number of benzene rings is 1. The summed E-state index contributed by atoms with van der Waals surface area (Å²) in [6.45, 7) is 2.11. The summed E-state index contributed by atoms with van der Waals surface area (Å²) in [6.07, 6.45) is 5.86. The van der Waals surface area contributed by atoms with E-state index in [0.717, 1.165) is 27.7 Å². The van der Waals surface area contributed by atoms with Gasteiger partial charge in [0, 0.05) is 17.0 Å². The van der Waals surface area contributed by atoms with Crippen molar-refractivity contribution in [3.05, 3.63) is 48.4 Å². The van der Waals surface area contributed by atoms with Crippen LogP contribution in [0.25, 0.3) is 33.5 Å². The number of nitrogens with zero attached hydrogens (tertiary/aromatic N) is 3. The van der Waals surface area contributed by atoms with Crippen LogP contribution in [-0.4, -0.2) is 9.55 Å². The third-order valence-electron chi connectivity index (χ3n) is 4.03. The van der Waals surface area contributed by atoms with E-state index in [1.807, 2.05) is 6.07 Å². The number of furan rings is 1.